The first kappa shape index (κ1) is 14.4. The number of hydrogen-bond acceptors (Lipinski definition) is 5. The van der Waals surface area contributed by atoms with Gasteiger partial charge in [0.2, 0.25) is 0 Å². The summed E-state index contributed by atoms with van der Waals surface area (Å²) in [6, 6.07) is 0. The molecule has 0 radical (unpaired) electrons. The third kappa shape index (κ3) is 3.96. The van der Waals surface area contributed by atoms with E-state index in [0.29, 0.717) is 22.1 Å². The van der Waals surface area contributed by atoms with Gasteiger partial charge in [-0.05, 0) is 19.3 Å². The van der Waals surface area contributed by atoms with Crippen molar-refractivity contribution >= 4 is 17.5 Å². The first-order chi connectivity index (χ1) is 8.58. The van der Waals surface area contributed by atoms with Gasteiger partial charge in [0, 0.05) is 18.0 Å². The van der Waals surface area contributed by atoms with Crippen molar-refractivity contribution in [1.29, 1.82) is 0 Å². The summed E-state index contributed by atoms with van der Waals surface area (Å²) in [5, 5.41) is 0.637. The third-order valence-corrected chi connectivity index (χ3v) is 2.54. The fourth-order valence-corrected chi connectivity index (χ4v) is 1.56. The molecule has 0 aromatic carbocycles. The molecular formula is C12H15FN4S. The van der Waals surface area contributed by atoms with E-state index >= 15 is 0 Å². The minimum absolute atomic E-state index is 0.329. The third-order valence-electron chi connectivity index (χ3n) is 1.96. The Hall–Kier alpha value is -1.69. The number of nitrogens with zero attached hydrogens (tertiary/aromatic N) is 3. The van der Waals surface area contributed by atoms with Crippen molar-refractivity contribution in [2.24, 2.45) is 10.7 Å². The number of rotatable bonds is 5. The lowest BCUT2D eigenvalue weighted by atomic mass is 10.1. The molecular weight excluding hydrogens is 251 g/mol. The Balaban J connectivity index is 3.17. The number of halogens is 1. The summed E-state index contributed by atoms with van der Waals surface area (Å²) in [7, 11) is 0. The highest BCUT2D eigenvalue weighted by Gasteiger charge is 2.10. The Bertz CT molecular complexity index is 465. The number of allylic oxidation sites excluding steroid dienone is 3. The Labute approximate surface area is 110 Å². The van der Waals surface area contributed by atoms with Crippen LogP contribution in [0, 0.1) is 0 Å². The first-order valence-electron chi connectivity index (χ1n) is 5.25. The number of hydrogen-bond donors (Lipinski definition) is 1. The molecule has 1 heterocycles. The van der Waals surface area contributed by atoms with Crippen molar-refractivity contribution in [2.45, 2.75) is 18.4 Å². The lowest BCUT2D eigenvalue weighted by Gasteiger charge is -2.07. The number of nitrogens with two attached hydrogens (primary N) is 1. The fourth-order valence-electron chi connectivity index (χ4n) is 1.24. The number of alkyl halides is 1. The van der Waals surface area contributed by atoms with Crippen LogP contribution in [0.15, 0.2) is 47.0 Å². The average Bonchev–Trinajstić information content (AvgIpc) is 2.36. The van der Waals surface area contributed by atoms with Gasteiger partial charge in [0.15, 0.2) is 11.5 Å². The second kappa shape index (κ2) is 6.90. The number of aromatic nitrogens is 2. The normalized spacial score (nSPS) is 14.4. The molecule has 0 bridgehead atoms. The molecule has 4 nitrogen and oxygen atoms in total. The van der Waals surface area contributed by atoms with E-state index in [-0.39, 0.29) is 0 Å². The van der Waals surface area contributed by atoms with Crippen molar-refractivity contribution in [3.05, 3.63) is 42.4 Å². The van der Waals surface area contributed by atoms with Crippen LogP contribution in [0.5, 0.6) is 0 Å². The van der Waals surface area contributed by atoms with Crippen LogP contribution in [0.3, 0.4) is 0 Å². The monoisotopic (exact) mass is 266 g/mol. The van der Waals surface area contributed by atoms with E-state index in [1.54, 1.807) is 18.5 Å². The maximum atomic E-state index is 13.0. The van der Waals surface area contributed by atoms with Gasteiger partial charge >= 0.3 is 0 Å². The summed E-state index contributed by atoms with van der Waals surface area (Å²) in [5.41, 5.74) is 7.05. The van der Waals surface area contributed by atoms with E-state index in [9.17, 15) is 4.39 Å². The van der Waals surface area contributed by atoms with Crippen molar-refractivity contribution in [1.82, 2.24) is 9.97 Å². The van der Waals surface area contributed by atoms with Gasteiger partial charge in [0.25, 0.3) is 0 Å². The molecule has 0 saturated carbocycles. The molecule has 18 heavy (non-hydrogen) atoms. The summed E-state index contributed by atoms with van der Waals surface area (Å²) in [6.45, 7) is 4.88. The van der Waals surface area contributed by atoms with Gasteiger partial charge in [-0.2, -0.15) is 0 Å². The Morgan fingerprint density at radius 1 is 1.56 bits per heavy atom. The van der Waals surface area contributed by atoms with Gasteiger partial charge in [-0.25, -0.2) is 19.4 Å². The predicted octanol–water partition coefficient (Wildman–Crippen LogP) is 2.33. The summed E-state index contributed by atoms with van der Waals surface area (Å²) in [4.78, 5) is 12.1. The van der Waals surface area contributed by atoms with Gasteiger partial charge < -0.3 is 5.73 Å². The smallest absolute Gasteiger partial charge is 0.187 e. The van der Waals surface area contributed by atoms with Crippen LogP contribution in [0.2, 0.25) is 0 Å². The van der Waals surface area contributed by atoms with Crippen LogP contribution in [0.4, 0.5) is 4.39 Å². The summed E-state index contributed by atoms with van der Waals surface area (Å²) in [6.07, 6.45) is 6.75. The van der Waals surface area contributed by atoms with E-state index in [4.69, 9.17) is 5.73 Å². The van der Waals surface area contributed by atoms with E-state index in [0.717, 1.165) is 0 Å². The largest absolute Gasteiger partial charge is 0.397 e. The molecule has 0 amide bonds. The Morgan fingerprint density at radius 3 is 2.61 bits per heavy atom. The molecule has 1 atom stereocenters. The van der Waals surface area contributed by atoms with Gasteiger partial charge in [-0.15, -0.1) is 0 Å². The maximum absolute atomic E-state index is 13.0. The first-order valence-corrected chi connectivity index (χ1v) is 6.47. The highest BCUT2D eigenvalue weighted by atomic mass is 32.2. The minimum atomic E-state index is -1.35. The van der Waals surface area contributed by atoms with Gasteiger partial charge in [0.05, 0.1) is 11.4 Å². The average molecular weight is 266 g/mol. The molecule has 1 unspecified atom stereocenters. The molecule has 0 aliphatic rings. The SMILES string of the molecule is C=C/C=C(N)\C(=N/C(C)F)c1cnc(SC)nc1. The molecule has 0 saturated heterocycles. The lowest BCUT2D eigenvalue weighted by molar-refractivity contribution is 0.376. The van der Waals surface area contributed by atoms with Crippen LogP contribution in [-0.4, -0.2) is 28.2 Å². The van der Waals surface area contributed by atoms with Crippen LogP contribution in [-0.2, 0) is 0 Å². The van der Waals surface area contributed by atoms with Crippen LogP contribution in [0.25, 0.3) is 0 Å². The molecule has 0 aliphatic carbocycles. The van der Waals surface area contributed by atoms with Crippen molar-refractivity contribution in [3.63, 3.8) is 0 Å². The summed E-state index contributed by atoms with van der Waals surface area (Å²) < 4.78 is 13.0. The van der Waals surface area contributed by atoms with Crippen molar-refractivity contribution < 1.29 is 4.39 Å². The van der Waals surface area contributed by atoms with Gasteiger partial charge in [-0.3, -0.25) is 0 Å². The molecule has 1 aromatic rings. The second-order valence-corrected chi connectivity index (χ2v) is 4.14. The Morgan fingerprint density at radius 2 is 2.17 bits per heavy atom. The molecule has 0 spiro atoms. The molecule has 1 rings (SSSR count). The quantitative estimate of drug-likeness (QED) is 0.292. The lowest BCUT2D eigenvalue weighted by Crippen LogP contribution is -2.15. The standard InChI is InChI=1S/C12H15FN4S/c1-4-5-10(14)11(17-8(2)13)9-6-15-12(18-3)16-7-9/h4-8H,1,14H2,2-3H3/b10-5+,17-11-. The molecule has 96 valence electrons. The van der Waals surface area contributed by atoms with Crippen LogP contribution >= 0.6 is 11.8 Å². The zero-order valence-corrected chi connectivity index (χ0v) is 11.1. The van der Waals surface area contributed by atoms with E-state index < -0.39 is 6.30 Å². The molecule has 0 fully saturated rings. The van der Waals surface area contributed by atoms with Crippen LogP contribution in [0.1, 0.15) is 12.5 Å². The summed E-state index contributed by atoms with van der Waals surface area (Å²) >= 11 is 1.42. The molecule has 1 aromatic heterocycles. The summed E-state index contributed by atoms with van der Waals surface area (Å²) in [5.74, 6) is 0. The van der Waals surface area contributed by atoms with Crippen molar-refractivity contribution in [3.8, 4) is 0 Å². The minimum Gasteiger partial charge on any atom is -0.397 e. The van der Waals surface area contributed by atoms with Crippen molar-refractivity contribution in [2.75, 3.05) is 6.26 Å². The van der Waals surface area contributed by atoms with Crippen LogP contribution < -0.4 is 5.73 Å². The highest BCUT2D eigenvalue weighted by molar-refractivity contribution is 7.98. The number of thioether (sulfide) groups is 1. The molecule has 0 aliphatic heterocycles. The Kier molecular flexibility index (Phi) is 5.51. The van der Waals surface area contributed by atoms with Gasteiger partial charge in [0.1, 0.15) is 0 Å². The fraction of sp³-hybridized carbons (Fsp3) is 0.250. The van der Waals surface area contributed by atoms with E-state index in [2.05, 4.69) is 21.5 Å². The number of aliphatic imine (C=N–C) groups is 1. The zero-order chi connectivity index (χ0) is 13.5. The maximum Gasteiger partial charge on any atom is 0.187 e. The second-order valence-electron chi connectivity index (χ2n) is 3.37. The van der Waals surface area contributed by atoms with E-state index in [1.165, 1.54) is 24.8 Å². The van der Waals surface area contributed by atoms with E-state index in [1.807, 2.05) is 6.26 Å². The highest BCUT2D eigenvalue weighted by Crippen LogP contribution is 2.11. The predicted molar refractivity (Wildman–Crippen MR) is 73.4 cm³/mol. The molecule has 6 heteroatoms. The molecule has 2 N–H and O–H groups in total. The zero-order valence-electron chi connectivity index (χ0n) is 10.3. The van der Waals surface area contributed by atoms with Gasteiger partial charge in [-0.1, -0.05) is 24.4 Å². The topological polar surface area (TPSA) is 64.2 Å².